The van der Waals surface area contributed by atoms with Crippen LogP contribution in [0.25, 0.3) is 0 Å². The maximum Gasteiger partial charge on any atom is 0.224 e. The van der Waals surface area contributed by atoms with Crippen molar-refractivity contribution in [3.05, 3.63) is 29.6 Å². The minimum Gasteiger partial charge on any atom is -0.330 e. The molecule has 1 rings (SSSR count). The SMILES string of the molecule is Cc1ccc(NC(=O)CC(C)CN)cc1F. The highest BCUT2D eigenvalue weighted by molar-refractivity contribution is 5.90. The first-order valence-electron chi connectivity index (χ1n) is 5.29. The summed E-state index contributed by atoms with van der Waals surface area (Å²) >= 11 is 0. The Bertz CT molecular complexity index is 379. The zero-order chi connectivity index (χ0) is 12.1. The van der Waals surface area contributed by atoms with Crippen LogP contribution in [0, 0.1) is 18.7 Å². The lowest BCUT2D eigenvalue weighted by molar-refractivity contribution is -0.116. The van der Waals surface area contributed by atoms with Gasteiger partial charge in [-0.15, -0.1) is 0 Å². The van der Waals surface area contributed by atoms with E-state index in [1.807, 2.05) is 6.92 Å². The fourth-order valence-corrected chi connectivity index (χ4v) is 1.28. The summed E-state index contributed by atoms with van der Waals surface area (Å²) in [6.07, 6.45) is 0.353. The first-order chi connectivity index (χ1) is 7.52. The number of rotatable bonds is 4. The molecule has 0 saturated heterocycles. The van der Waals surface area contributed by atoms with Gasteiger partial charge in [-0.05, 0) is 37.1 Å². The highest BCUT2D eigenvalue weighted by Crippen LogP contribution is 2.14. The fourth-order valence-electron chi connectivity index (χ4n) is 1.28. The fraction of sp³-hybridized carbons (Fsp3) is 0.417. The van der Waals surface area contributed by atoms with Crippen LogP contribution in [-0.4, -0.2) is 12.5 Å². The molecule has 1 atom stereocenters. The van der Waals surface area contributed by atoms with E-state index in [9.17, 15) is 9.18 Å². The van der Waals surface area contributed by atoms with Gasteiger partial charge in [-0.2, -0.15) is 0 Å². The third kappa shape index (κ3) is 3.62. The van der Waals surface area contributed by atoms with Gasteiger partial charge >= 0.3 is 0 Å². The standard InChI is InChI=1S/C12H17FN2O/c1-8(7-14)5-12(16)15-10-4-3-9(2)11(13)6-10/h3-4,6,8H,5,7,14H2,1-2H3,(H,15,16). The van der Waals surface area contributed by atoms with Crippen LogP contribution in [0.5, 0.6) is 0 Å². The Labute approximate surface area is 94.8 Å². The lowest BCUT2D eigenvalue weighted by Crippen LogP contribution is -2.20. The predicted octanol–water partition coefficient (Wildman–Crippen LogP) is 2.06. The number of halogens is 1. The molecule has 0 aromatic heterocycles. The molecule has 0 spiro atoms. The molecule has 0 aliphatic rings. The Balaban J connectivity index is 2.59. The number of hydrogen-bond acceptors (Lipinski definition) is 2. The molecule has 0 aliphatic carbocycles. The molecule has 3 nitrogen and oxygen atoms in total. The lowest BCUT2D eigenvalue weighted by Gasteiger charge is -2.09. The Hall–Kier alpha value is -1.42. The van der Waals surface area contributed by atoms with Gasteiger partial charge in [-0.3, -0.25) is 4.79 Å². The van der Waals surface area contributed by atoms with Crippen molar-refractivity contribution >= 4 is 11.6 Å². The van der Waals surface area contributed by atoms with Crippen LogP contribution in [0.1, 0.15) is 18.9 Å². The Morgan fingerprint density at radius 2 is 2.25 bits per heavy atom. The van der Waals surface area contributed by atoms with Crippen LogP contribution >= 0.6 is 0 Å². The molecule has 4 heteroatoms. The molecule has 1 aromatic rings. The van der Waals surface area contributed by atoms with E-state index in [-0.39, 0.29) is 17.6 Å². The number of aryl methyl sites for hydroxylation is 1. The summed E-state index contributed by atoms with van der Waals surface area (Å²) in [4.78, 5) is 11.5. The number of nitrogens with one attached hydrogen (secondary N) is 1. The van der Waals surface area contributed by atoms with E-state index in [0.717, 1.165) is 0 Å². The molecule has 0 aliphatic heterocycles. The first-order valence-corrected chi connectivity index (χ1v) is 5.29. The highest BCUT2D eigenvalue weighted by atomic mass is 19.1. The minimum atomic E-state index is -0.315. The third-order valence-electron chi connectivity index (χ3n) is 2.39. The van der Waals surface area contributed by atoms with Gasteiger partial charge in [0.25, 0.3) is 0 Å². The van der Waals surface area contributed by atoms with Gasteiger partial charge in [-0.25, -0.2) is 4.39 Å². The molecular formula is C12H17FN2O. The molecule has 16 heavy (non-hydrogen) atoms. The second-order valence-electron chi connectivity index (χ2n) is 4.06. The molecule has 0 radical (unpaired) electrons. The van der Waals surface area contributed by atoms with Gasteiger partial charge in [0, 0.05) is 12.1 Å². The van der Waals surface area contributed by atoms with Crippen LogP contribution < -0.4 is 11.1 Å². The highest BCUT2D eigenvalue weighted by Gasteiger charge is 2.08. The van der Waals surface area contributed by atoms with E-state index < -0.39 is 0 Å². The number of hydrogen-bond donors (Lipinski definition) is 2. The summed E-state index contributed by atoms with van der Waals surface area (Å²) < 4.78 is 13.2. The van der Waals surface area contributed by atoms with Crippen LogP contribution in [0.3, 0.4) is 0 Å². The number of benzene rings is 1. The summed E-state index contributed by atoms with van der Waals surface area (Å²) in [5.41, 5.74) is 6.46. The van der Waals surface area contributed by atoms with Crippen LogP contribution in [0.15, 0.2) is 18.2 Å². The molecule has 0 bridgehead atoms. The van der Waals surface area contributed by atoms with Crippen molar-refractivity contribution in [2.24, 2.45) is 11.7 Å². The van der Waals surface area contributed by atoms with E-state index in [2.05, 4.69) is 5.32 Å². The van der Waals surface area contributed by atoms with Crippen molar-refractivity contribution in [1.29, 1.82) is 0 Å². The van der Waals surface area contributed by atoms with Gasteiger partial charge in [-0.1, -0.05) is 13.0 Å². The van der Waals surface area contributed by atoms with E-state index in [0.29, 0.717) is 24.2 Å². The van der Waals surface area contributed by atoms with Gasteiger partial charge in [0.2, 0.25) is 5.91 Å². The average molecular weight is 224 g/mol. The number of carbonyl (C=O) groups is 1. The van der Waals surface area contributed by atoms with E-state index >= 15 is 0 Å². The van der Waals surface area contributed by atoms with Crippen molar-refractivity contribution in [2.45, 2.75) is 20.3 Å². The second-order valence-corrected chi connectivity index (χ2v) is 4.06. The summed E-state index contributed by atoms with van der Waals surface area (Å²) in [5.74, 6) is -0.318. The maximum absolute atomic E-state index is 13.2. The minimum absolute atomic E-state index is 0.135. The number of anilines is 1. The third-order valence-corrected chi connectivity index (χ3v) is 2.39. The van der Waals surface area contributed by atoms with Crippen LogP contribution in [0.4, 0.5) is 10.1 Å². The number of carbonyl (C=O) groups excluding carboxylic acids is 1. The van der Waals surface area contributed by atoms with Crippen molar-refractivity contribution < 1.29 is 9.18 Å². The Morgan fingerprint density at radius 1 is 1.56 bits per heavy atom. The summed E-state index contributed by atoms with van der Waals surface area (Å²) in [5, 5.41) is 2.64. The molecule has 3 N–H and O–H groups in total. The number of amides is 1. The monoisotopic (exact) mass is 224 g/mol. The van der Waals surface area contributed by atoms with Gasteiger partial charge < -0.3 is 11.1 Å². The van der Waals surface area contributed by atoms with Crippen LogP contribution in [-0.2, 0) is 4.79 Å². The molecule has 0 heterocycles. The van der Waals surface area contributed by atoms with E-state index in [1.54, 1.807) is 19.1 Å². The van der Waals surface area contributed by atoms with Gasteiger partial charge in [0.05, 0.1) is 0 Å². The number of nitrogens with two attached hydrogens (primary N) is 1. The quantitative estimate of drug-likeness (QED) is 0.822. The molecule has 0 fully saturated rings. The largest absolute Gasteiger partial charge is 0.330 e. The van der Waals surface area contributed by atoms with Crippen molar-refractivity contribution in [3.63, 3.8) is 0 Å². The van der Waals surface area contributed by atoms with E-state index in [1.165, 1.54) is 6.07 Å². The molecule has 88 valence electrons. The predicted molar refractivity (Wildman–Crippen MR) is 62.6 cm³/mol. The zero-order valence-corrected chi connectivity index (χ0v) is 9.59. The van der Waals surface area contributed by atoms with Crippen molar-refractivity contribution in [3.8, 4) is 0 Å². The molecule has 1 aromatic carbocycles. The first kappa shape index (κ1) is 12.6. The molecular weight excluding hydrogens is 207 g/mol. The van der Waals surface area contributed by atoms with Gasteiger partial charge in [0.15, 0.2) is 0 Å². The smallest absolute Gasteiger partial charge is 0.224 e. The molecule has 1 unspecified atom stereocenters. The normalized spacial score (nSPS) is 12.2. The van der Waals surface area contributed by atoms with Crippen molar-refractivity contribution in [2.75, 3.05) is 11.9 Å². The molecule has 0 saturated carbocycles. The molecule has 1 amide bonds. The summed E-state index contributed by atoms with van der Waals surface area (Å²) in [7, 11) is 0. The lowest BCUT2D eigenvalue weighted by atomic mass is 10.1. The van der Waals surface area contributed by atoms with Crippen molar-refractivity contribution in [1.82, 2.24) is 0 Å². The topological polar surface area (TPSA) is 55.1 Å². The van der Waals surface area contributed by atoms with Crippen LogP contribution in [0.2, 0.25) is 0 Å². The van der Waals surface area contributed by atoms with E-state index in [4.69, 9.17) is 5.73 Å². The Kier molecular flexibility index (Phi) is 4.43. The second kappa shape index (κ2) is 5.61. The van der Waals surface area contributed by atoms with Gasteiger partial charge in [0.1, 0.15) is 5.82 Å². The Morgan fingerprint density at radius 3 is 2.81 bits per heavy atom. The summed E-state index contributed by atoms with van der Waals surface area (Å²) in [6, 6.07) is 4.64. The maximum atomic E-state index is 13.2. The zero-order valence-electron chi connectivity index (χ0n) is 9.59. The average Bonchev–Trinajstić information content (AvgIpc) is 2.23. The summed E-state index contributed by atoms with van der Waals surface area (Å²) in [6.45, 7) is 4.04.